The third-order valence-electron chi connectivity index (χ3n) is 5.56. The van der Waals surface area contributed by atoms with Crippen LogP contribution in [0, 0.1) is 0 Å². The molecule has 1 fully saturated rings. The summed E-state index contributed by atoms with van der Waals surface area (Å²) in [6.07, 6.45) is 11.7. The predicted molar refractivity (Wildman–Crippen MR) is 101 cm³/mol. The van der Waals surface area contributed by atoms with Crippen LogP contribution in [0.25, 0.3) is 0 Å². The first-order valence-corrected chi connectivity index (χ1v) is 9.68. The number of carbonyl (C=O) groups excluding carboxylic acids is 1. The summed E-state index contributed by atoms with van der Waals surface area (Å²) in [5, 5.41) is 3.45. The highest BCUT2D eigenvalue weighted by molar-refractivity contribution is 5.94. The van der Waals surface area contributed by atoms with Gasteiger partial charge in [0, 0.05) is 36.1 Å². The molecule has 1 unspecified atom stereocenters. The first-order chi connectivity index (χ1) is 12.8. The van der Waals surface area contributed by atoms with Crippen LogP contribution in [-0.2, 0) is 19.4 Å². The Balaban J connectivity index is 1.61. The van der Waals surface area contributed by atoms with E-state index in [4.69, 9.17) is 0 Å². The molecule has 0 radical (unpaired) electrons. The number of aryl methyl sites for hydroxylation is 2. The zero-order chi connectivity index (χ0) is 17.8. The molecule has 1 aliphatic carbocycles. The van der Waals surface area contributed by atoms with Gasteiger partial charge in [0.1, 0.15) is 6.33 Å². The lowest BCUT2D eigenvalue weighted by molar-refractivity contribution is 0.0645. The number of nitrogens with zero attached hydrogens (tertiary/aromatic N) is 3. The summed E-state index contributed by atoms with van der Waals surface area (Å²) in [6, 6.07) is 6.53. The minimum atomic E-state index is 0.135. The molecule has 2 aromatic rings. The first kappa shape index (κ1) is 17.2. The summed E-state index contributed by atoms with van der Waals surface area (Å²) < 4.78 is 0. The summed E-state index contributed by atoms with van der Waals surface area (Å²) in [6.45, 7) is 2.57. The molecule has 1 aromatic heterocycles. The molecule has 26 heavy (non-hydrogen) atoms. The Morgan fingerprint density at radius 2 is 1.92 bits per heavy atom. The van der Waals surface area contributed by atoms with E-state index >= 15 is 0 Å². The van der Waals surface area contributed by atoms with Gasteiger partial charge in [-0.25, -0.2) is 9.97 Å². The molecular formula is C21H26N4O. The van der Waals surface area contributed by atoms with Gasteiger partial charge in [-0.05, 0) is 74.9 Å². The summed E-state index contributed by atoms with van der Waals surface area (Å²) in [5.74, 6) is 0.135. The van der Waals surface area contributed by atoms with Crippen molar-refractivity contribution in [1.82, 2.24) is 20.2 Å². The zero-order valence-corrected chi connectivity index (χ0v) is 15.2. The van der Waals surface area contributed by atoms with E-state index in [-0.39, 0.29) is 11.9 Å². The molecule has 2 heterocycles. The Morgan fingerprint density at radius 1 is 1.08 bits per heavy atom. The highest BCUT2D eigenvalue weighted by atomic mass is 16.2. The number of benzene rings is 1. The largest absolute Gasteiger partial charge is 0.331 e. The summed E-state index contributed by atoms with van der Waals surface area (Å²) in [4.78, 5) is 23.7. The molecule has 5 nitrogen and oxygen atoms in total. The van der Waals surface area contributed by atoms with Gasteiger partial charge < -0.3 is 10.2 Å². The van der Waals surface area contributed by atoms with E-state index in [1.165, 1.54) is 23.9 Å². The molecule has 1 aliphatic heterocycles. The number of hydrogen-bond acceptors (Lipinski definition) is 4. The lowest BCUT2D eigenvalue weighted by atomic mass is 10.0. The van der Waals surface area contributed by atoms with Crippen molar-refractivity contribution in [3.8, 4) is 0 Å². The second-order valence-corrected chi connectivity index (χ2v) is 7.35. The van der Waals surface area contributed by atoms with Crippen LogP contribution in [0.15, 0.2) is 36.9 Å². The Kier molecular flexibility index (Phi) is 5.25. The molecule has 1 aromatic carbocycles. The molecule has 1 N–H and O–H groups in total. The zero-order valence-electron chi connectivity index (χ0n) is 15.2. The van der Waals surface area contributed by atoms with Gasteiger partial charge in [0.15, 0.2) is 0 Å². The number of nitrogens with one attached hydrogen (secondary N) is 1. The van der Waals surface area contributed by atoms with Crippen LogP contribution in [0.4, 0.5) is 0 Å². The predicted octanol–water partition coefficient (Wildman–Crippen LogP) is 2.75. The molecule has 0 bridgehead atoms. The van der Waals surface area contributed by atoms with E-state index in [2.05, 4.69) is 27.4 Å². The van der Waals surface area contributed by atoms with Crippen LogP contribution in [-0.4, -0.2) is 39.9 Å². The third-order valence-corrected chi connectivity index (χ3v) is 5.56. The number of carbonyl (C=O) groups is 1. The monoisotopic (exact) mass is 350 g/mol. The first-order valence-electron chi connectivity index (χ1n) is 9.68. The summed E-state index contributed by atoms with van der Waals surface area (Å²) in [7, 11) is 0. The van der Waals surface area contributed by atoms with Gasteiger partial charge in [-0.15, -0.1) is 0 Å². The van der Waals surface area contributed by atoms with Crippen LogP contribution in [0.3, 0.4) is 0 Å². The van der Waals surface area contributed by atoms with Crippen LogP contribution >= 0.6 is 0 Å². The van der Waals surface area contributed by atoms with Crippen LogP contribution in [0.1, 0.15) is 52.7 Å². The van der Waals surface area contributed by atoms with Crippen LogP contribution in [0.5, 0.6) is 0 Å². The van der Waals surface area contributed by atoms with E-state index in [0.717, 1.165) is 56.3 Å². The lowest BCUT2D eigenvalue weighted by Crippen LogP contribution is -2.40. The maximum absolute atomic E-state index is 13.4. The van der Waals surface area contributed by atoms with Crippen molar-refractivity contribution >= 4 is 5.91 Å². The molecule has 0 spiro atoms. The van der Waals surface area contributed by atoms with Gasteiger partial charge in [0.2, 0.25) is 0 Å². The third kappa shape index (κ3) is 3.78. The highest BCUT2D eigenvalue weighted by Crippen LogP contribution is 2.25. The van der Waals surface area contributed by atoms with Crippen LogP contribution in [0.2, 0.25) is 0 Å². The Hall–Kier alpha value is -2.27. The minimum absolute atomic E-state index is 0.135. The van der Waals surface area contributed by atoms with Crippen molar-refractivity contribution in [2.24, 2.45) is 0 Å². The van der Waals surface area contributed by atoms with Gasteiger partial charge in [-0.3, -0.25) is 4.79 Å². The summed E-state index contributed by atoms with van der Waals surface area (Å²) >= 11 is 0. The molecule has 2 aliphatic rings. The van der Waals surface area contributed by atoms with Crippen molar-refractivity contribution in [3.63, 3.8) is 0 Å². The average molecular weight is 350 g/mol. The number of amides is 1. The number of aromatic nitrogens is 2. The average Bonchev–Trinajstić information content (AvgIpc) is 2.99. The van der Waals surface area contributed by atoms with Gasteiger partial charge in [0.05, 0.1) is 0 Å². The Labute approximate surface area is 154 Å². The molecule has 1 amide bonds. The van der Waals surface area contributed by atoms with Crippen molar-refractivity contribution in [2.45, 2.75) is 51.1 Å². The number of fused-ring (bicyclic) bond motifs is 1. The van der Waals surface area contributed by atoms with Crippen molar-refractivity contribution in [2.75, 3.05) is 13.1 Å². The Bertz CT molecular complexity index is 754. The van der Waals surface area contributed by atoms with E-state index in [1.54, 1.807) is 0 Å². The normalized spacial score (nSPS) is 19.6. The maximum Gasteiger partial charge on any atom is 0.254 e. The number of hydrogen-bond donors (Lipinski definition) is 1. The molecule has 1 saturated heterocycles. The second-order valence-electron chi connectivity index (χ2n) is 7.35. The molecule has 4 rings (SSSR count). The van der Waals surface area contributed by atoms with Crippen LogP contribution < -0.4 is 5.32 Å². The van der Waals surface area contributed by atoms with Gasteiger partial charge >= 0.3 is 0 Å². The lowest BCUT2D eigenvalue weighted by Gasteiger charge is -2.31. The molecule has 5 heteroatoms. The van der Waals surface area contributed by atoms with Gasteiger partial charge in [0.25, 0.3) is 5.91 Å². The fraction of sp³-hybridized carbons (Fsp3) is 0.476. The highest BCUT2D eigenvalue weighted by Gasteiger charge is 2.26. The van der Waals surface area contributed by atoms with Gasteiger partial charge in [-0.2, -0.15) is 0 Å². The molecule has 136 valence electrons. The minimum Gasteiger partial charge on any atom is -0.331 e. The standard InChI is InChI=1S/C21H26N4O/c26-21(19-7-6-17-3-1-4-18(17)11-19)25(14-16-12-23-15-24-13-16)20-5-2-9-22-10-8-20/h6-7,11-13,15,20,22H,1-5,8-10,14H2. The maximum atomic E-state index is 13.4. The topological polar surface area (TPSA) is 58.1 Å². The molecule has 1 atom stereocenters. The number of rotatable bonds is 4. The van der Waals surface area contributed by atoms with E-state index in [9.17, 15) is 4.79 Å². The SMILES string of the molecule is O=C(c1ccc2c(c1)CCC2)N(Cc1cncnc1)C1CCCNCC1. The second kappa shape index (κ2) is 7.96. The van der Waals surface area contributed by atoms with Crippen molar-refractivity contribution in [1.29, 1.82) is 0 Å². The smallest absolute Gasteiger partial charge is 0.254 e. The van der Waals surface area contributed by atoms with Crippen molar-refractivity contribution in [3.05, 3.63) is 59.2 Å². The molecular weight excluding hydrogens is 324 g/mol. The van der Waals surface area contributed by atoms with E-state index in [0.29, 0.717) is 6.54 Å². The van der Waals surface area contributed by atoms with E-state index in [1.807, 2.05) is 23.4 Å². The fourth-order valence-corrected chi connectivity index (χ4v) is 4.16. The fourth-order valence-electron chi connectivity index (χ4n) is 4.16. The summed E-state index contributed by atoms with van der Waals surface area (Å²) in [5.41, 5.74) is 4.56. The Morgan fingerprint density at radius 3 is 2.81 bits per heavy atom. The van der Waals surface area contributed by atoms with Gasteiger partial charge in [-0.1, -0.05) is 6.07 Å². The molecule has 0 saturated carbocycles. The van der Waals surface area contributed by atoms with Crippen molar-refractivity contribution < 1.29 is 4.79 Å². The van der Waals surface area contributed by atoms with E-state index < -0.39 is 0 Å². The quantitative estimate of drug-likeness (QED) is 0.921.